The molecule has 18 heavy (non-hydrogen) atoms. The van der Waals surface area contributed by atoms with E-state index < -0.39 is 4.92 Å². The van der Waals surface area contributed by atoms with Gasteiger partial charge in [-0.1, -0.05) is 11.8 Å². The molecular formula is C10H17N5O2S. The van der Waals surface area contributed by atoms with Gasteiger partial charge in [-0.15, -0.1) is 0 Å². The molecule has 0 saturated heterocycles. The molecule has 1 aromatic rings. The van der Waals surface area contributed by atoms with Crippen LogP contribution in [0.2, 0.25) is 0 Å². The number of hydrogen-bond donors (Lipinski definition) is 2. The molecular weight excluding hydrogens is 254 g/mol. The summed E-state index contributed by atoms with van der Waals surface area (Å²) < 4.78 is 0. The first kappa shape index (κ1) is 14.5. The van der Waals surface area contributed by atoms with Crippen molar-refractivity contribution in [3.05, 3.63) is 10.1 Å². The van der Waals surface area contributed by atoms with Crippen LogP contribution in [0.15, 0.2) is 5.16 Å². The Balaban J connectivity index is 3.34. The lowest BCUT2D eigenvalue weighted by Gasteiger charge is -2.12. The zero-order valence-electron chi connectivity index (χ0n) is 10.9. The molecule has 0 aliphatic carbocycles. The van der Waals surface area contributed by atoms with Crippen molar-refractivity contribution in [2.75, 3.05) is 23.4 Å². The van der Waals surface area contributed by atoms with Gasteiger partial charge in [0.1, 0.15) is 0 Å². The highest BCUT2D eigenvalue weighted by Crippen LogP contribution is 2.32. The van der Waals surface area contributed by atoms with Crippen molar-refractivity contribution < 1.29 is 4.92 Å². The molecule has 7 nitrogen and oxygen atoms in total. The highest BCUT2D eigenvalue weighted by atomic mass is 32.2. The van der Waals surface area contributed by atoms with Crippen molar-refractivity contribution in [2.45, 2.75) is 32.0 Å². The third kappa shape index (κ3) is 3.46. The Bertz CT molecular complexity index is 439. The first-order valence-electron chi connectivity index (χ1n) is 5.60. The molecule has 0 unspecified atom stereocenters. The van der Waals surface area contributed by atoms with Crippen molar-refractivity contribution in [3.8, 4) is 0 Å². The van der Waals surface area contributed by atoms with Crippen molar-refractivity contribution in [1.29, 1.82) is 0 Å². The smallest absolute Gasteiger partial charge is 0.353 e. The van der Waals surface area contributed by atoms with Crippen LogP contribution in [0.5, 0.6) is 0 Å². The molecule has 2 N–H and O–H groups in total. The molecule has 0 fully saturated rings. The van der Waals surface area contributed by atoms with Crippen LogP contribution in [0.25, 0.3) is 0 Å². The minimum absolute atomic E-state index is 0.0581. The molecule has 0 aliphatic heterocycles. The van der Waals surface area contributed by atoms with E-state index in [9.17, 15) is 10.1 Å². The maximum atomic E-state index is 11.1. The molecule has 0 amide bonds. The first-order chi connectivity index (χ1) is 8.49. The predicted molar refractivity (Wildman–Crippen MR) is 73.4 cm³/mol. The first-order valence-corrected chi connectivity index (χ1v) is 6.82. The third-order valence-corrected chi connectivity index (χ3v) is 2.55. The quantitative estimate of drug-likeness (QED) is 0.355. The van der Waals surface area contributed by atoms with Crippen LogP contribution in [0.1, 0.15) is 20.8 Å². The van der Waals surface area contributed by atoms with E-state index in [1.807, 2.05) is 27.0 Å². The van der Waals surface area contributed by atoms with Crippen molar-refractivity contribution in [3.63, 3.8) is 0 Å². The molecule has 100 valence electrons. The molecule has 1 heterocycles. The summed E-state index contributed by atoms with van der Waals surface area (Å²) in [6.45, 7) is 6.22. The van der Waals surface area contributed by atoms with Gasteiger partial charge in [0.2, 0.25) is 11.6 Å². The standard InChI is InChI=1S/C10H17N5O2S/c1-5-11-8-7(15(16)17)9(12-6(2)3)14-10(13-8)18-4/h6H,5H2,1-4H3,(H2,11,12,13,14). The monoisotopic (exact) mass is 271 g/mol. The summed E-state index contributed by atoms with van der Waals surface area (Å²) in [5.41, 5.74) is -0.108. The fourth-order valence-corrected chi connectivity index (χ4v) is 1.73. The van der Waals surface area contributed by atoms with Gasteiger partial charge < -0.3 is 10.6 Å². The van der Waals surface area contributed by atoms with Gasteiger partial charge in [-0.3, -0.25) is 10.1 Å². The van der Waals surface area contributed by atoms with Crippen molar-refractivity contribution in [1.82, 2.24) is 9.97 Å². The Morgan fingerprint density at radius 3 is 2.44 bits per heavy atom. The Hall–Kier alpha value is -1.57. The van der Waals surface area contributed by atoms with Gasteiger partial charge in [0.15, 0.2) is 5.16 Å². The molecule has 0 bridgehead atoms. The number of rotatable bonds is 6. The van der Waals surface area contributed by atoms with E-state index in [0.717, 1.165) is 0 Å². The number of anilines is 2. The lowest BCUT2D eigenvalue weighted by molar-refractivity contribution is -0.383. The molecule has 0 saturated carbocycles. The highest BCUT2D eigenvalue weighted by molar-refractivity contribution is 7.98. The molecule has 8 heteroatoms. The van der Waals surface area contributed by atoms with Gasteiger partial charge >= 0.3 is 5.69 Å². The van der Waals surface area contributed by atoms with Crippen LogP contribution in [0.3, 0.4) is 0 Å². The summed E-state index contributed by atoms with van der Waals surface area (Å²) in [6, 6.07) is 0.0581. The van der Waals surface area contributed by atoms with Gasteiger partial charge in [0.25, 0.3) is 0 Å². The topological polar surface area (TPSA) is 93.0 Å². The molecule has 1 aromatic heterocycles. The number of aromatic nitrogens is 2. The zero-order chi connectivity index (χ0) is 13.7. The fourth-order valence-electron chi connectivity index (χ4n) is 1.36. The molecule has 0 atom stereocenters. The van der Waals surface area contributed by atoms with Crippen molar-refractivity contribution in [2.24, 2.45) is 0 Å². The van der Waals surface area contributed by atoms with E-state index >= 15 is 0 Å². The minimum atomic E-state index is -0.465. The highest BCUT2D eigenvalue weighted by Gasteiger charge is 2.24. The molecule has 0 aromatic carbocycles. The van der Waals surface area contributed by atoms with Crippen LogP contribution >= 0.6 is 11.8 Å². The summed E-state index contributed by atoms with van der Waals surface area (Å²) in [5.74, 6) is 0.510. The van der Waals surface area contributed by atoms with Crippen molar-refractivity contribution >= 4 is 29.1 Å². The van der Waals surface area contributed by atoms with E-state index in [1.54, 1.807) is 0 Å². The maximum Gasteiger partial charge on any atom is 0.353 e. The number of hydrogen-bond acceptors (Lipinski definition) is 7. The normalized spacial score (nSPS) is 10.5. The molecule has 0 spiro atoms. The lowest BCUT2D eigenvalue weighted by Crippen LogP contribution is -2.15. The Morgan fingerprint density at radius 2 is 2.00 bits per heavy atom. The second-order valence-corrected chi connectivity index (χ2v) is 4.62. The minimum Gasteiger partial charge on any atom is -0.364 e. The molecule has 0 aliphatic rings. The third-order valence-electron chi connectivity index (χ3n) is 2.00. The van der Waals surface area contributed by atoms with E-state index in [-0.39, 0.29) is 23.4 Å². The van der Waals surface area contributed by atoms with Gasteiger partial charge in [-0.25, -0.2) is 0 Å². The average Bonchev–Trinajstić information content (AvgIpc) is 2.27. The van der Waals surface area contributed by atoms with Gasteiger partial charge in [-0.2, -0.15) is 9.97 Å². The summed E-state index contributed by atoms with van der Waals surface area (Å²) in [6.07, 6.45) is 1.83. The van der Waals surface area contributed by atoms with Crippen LogP contribution in [-0.4, -0.2) is 33.7 Å². The lowest BCUT2D eigenvalue weighted by atomic mass is 10.3. The zero-order valence-corrected chi connectivity index (χ0v) is 11.7. The summed E-state index contributed by atoms with van der Waals surface area (Å²) in [4.78, 5) is 19.0. The summed E-state index contributed by atoms with van der Waals surface area (Å²) in [7, 11) is 0. The SMILES string of the molecule is CCNc1nc(SC)nc(NC(C)C)c1[N+](=O)[O-]. The second kappa shape index (κ2) is 6.39. The number of nitrogens with one attached hydrogen (secondary N) is 2. The molecule has 1 rings (SSSR count). The predicted octanol–water partition coefficient (Wildman–Crippen LogP) is 2.36. The van der Waals surface area contributed by atoms with Gasteiger partial charge in [0.05, 0.1) is 4.92 Å². The number of thioether (sulfide) groups is 1. The largest absolute Gasteiger partial charge is 0.364 e. The van der Waals surface area contributed by atoms with E-state index in [1.165, 1.54) is 11.8 Å². The van der Waals surface area contributed by atoms with E-state index in [0.29, 0.717) is 11.7 Å². The average molecular weight is 271 g/mol. The fraction of sp³-hybridized carbons (Fsp3) is 0.600. The number of nitro groups is 1. The second-order valence-electron chi connectivity index (χ2n) is 3.84. The van der Waals surface area contributed by atoms with Gasteiger partial charge in [0, 0.05) is 12.6 Å². The van der Waals surface area contributed by atoms with Crippen LogP contribution < -0.4 is 10.6 Å². The Kier molecular flexibility index (Phi) is 5.14. The van der Waals surface area contributed by atoms with E-state index in [2.05, 4.69) is 20.6 Å². The van der Waals surface area contributed by atoms with Crippen LogP contribution in [0, 0.1) is 10.1 Å². The molecule has 0 radical (unpaired) electrons. The number of nitrogens with zero attached hydrogens (tertiary/aromatic N) is 3. The van der Waals surface area contributed by atoms with E-state index in [4.69, 9.17) is 0 Å². The Labute approximate surface area is 110 Å². The summed E-state index contributed by atoms with van der Waals surface area (Å²) >= 11 is 1.35. The summed E-state index contributed by atoms with van der Waals surface area (Å²) in [5, 5.41) is 17.5. The van der Waals surface area contributed by atoms with Crippen LogP contribution in [0.4, 0.5) is 17.3 Å². The maximum absolute atomic E-state index is 11.1. The Morgan fingerprint density at radius 1 is 1.39 bits per heavy atom. The van der Waals surface area contributed by atoms with Crippen LogP contribution in [-0.2, 0) is 0 Å². The van der Waals surface area contributed by atoms with Gasteiger partial charge in [-0.05, 0) is 27.0 Å².